The molecule has 0 saturated heterocycles. The van der Waals surface area contributed by atoms with Crippen LogP contribution in [0.15, 0.2) is 48.5 Å². The zero-order valence-electron chi connectivity index (χ0n) is 25.7. The van der Waals surface area contributed by atoms with E-state index < -0.39 is 0 Å². The van der Waals surface area contributed by atoms with Gasteiger partial charge in [-0.15, -0.1) is 56.9 Å². The Morgan fingerprint density at radius 3 is 1.05 bits per heavy atom. The maximum absolute atomic E-state index is 3.06. The van der Waals surface area contributed by atoms with Crippen molar-refractivity contribution in [2.75, 3.05) is 0 Å². The van der Waals surface area contributed by atoms with Crippen molar-refractivity contribution in [1.29, 1.82) is 0 Å². The van der Waals surface area contributed by atoms with Crippen molar-refractivity contribution < 1.29 is 32.7 Å². The Labute approximate surface area is 249 Å². The Morgan fingerprint density at radius 2 is 0.816 bits per heavy atom. The van der Waals surface area contributed by atoms with E-state index in [0.29, 0.717) is 23.7 Å². The summed E-state index contributed by atoms with van der Waals surface area (Å²) in [6.45, 7) is 25.6. The Balaban J connectivity index is -0.000000551. The molecule has 0 bridgehead atoms. The van der Waals surface area contributed by atoms with E-state index in [2.05, 4.69) is 125 Å². The van der Waals surface area contributed by atoms with Crippen molar-refractivity contribution in [2.45, 2.75) is 92.9 Å². The quantitative estimate of drug-likeness (QED) is 0.158. The predicted molar refractivity (Wildman–Crippen MR) is 168 cm³/mol. The molecule has 4 heteroatoms. The molecule has 0 unspecified atom stereocenters. The Bertz CT molecular complexity index is 1130. The monoisotopic (exact) mass is 614 g/mol. The van der Waals surface area contributed by atoms with E-state index in [4.69, 9.17) is 0 Å². The van der Waals surface area contributed by atoms with Crippen LogP contribution in [0.4, 0.5) is 9.41 Å². The first-order chi connectivity index (χ1) is 16.0. The number of hydrogen-bond donors (Lipinski definition) is 0. The van der Waals surface area contributed by atoms with E-state index in [9.17, 15) is 0 Å². The predicted octanol–water partition coefficient (Wildman–Crippen LogP) is 11.1. The Kier molecular flexibility index (Phi) is 19.5. The zero-order valence-corrected chi connectivity index (χ0v) is 29.2. The third-order valence-electron chi connectivity index (χ3n) is 6.62. The summed E-state index contributed by atoms with van der Waals surface area (Å²) in [5, 5.41) is 5.70. The van der Waals surface area contributed by atoms with Gasteiger partial charge in [-0.05, 0) is 23.7 Å². The third-order valence-corrected chi connectivity index (χ3v) is 6.62. The molecule has 0 atom stereocenters. The molecule has 0 spiro atoms. The first kappa shape index (κ1) is 41.1. The Morgan fingerprint density at radius 1 is 0.526 bits per heavy atom. The van der Waals surface area contributed by atoms with Gasteiger partial charge in [0.1, 0.15) is 0 Å². The molecule has 4 aromatic carbocycles. The van der Waals surface area contributed by atoms with Crippen molar-refractivity contribution in [3.63, 3.8) is 0 Å². The fourth-order valence-electron chi connectivity index (χ4n) is 4.67. The first-order valence-corrected chi connectivity index (χ1v) is 16.8. The summed E-state index contributed by atoms with van der Waals surface area (Å²) < 4.78 is 0. The molecule has 0 fully saturated rings. The van der Waals surface area contributed by atoms with Gasteiger partial charge in [0.05, 0.1) is 0 Å². The molecule has 0 N–H and O–H groups in total. The van der Waals surface area contributed by atoms with Gasteiger partial charge in [0, 0.05) is 0 Å². The van der Waals surface area contributed by atoms with Gasteiger partial charge >= 0.3 is 30.2 Å². The van der Waals surface area contributed by atoms with Crippen molar-refractivity contribution in [3.8, 4) is 0 Å². The SMILES string of the molecule is Cc1cc2c(C(C)C)cc(C(C)C)cc2[cH-]1.Cc1cc2c(C(C)C)cc(C(C)C)cc2[cH-]1.F.F.[CH3-].[CH3-].[Si]=[Zr]. The Hall–Kier alpha value is -1.38. The maximum atomic E-state index is 3.06. The summed E-state index contributed by atoms with van der Waals surface area (Å²) >= 11 is 1.36. The number of rotatable bonds is 4. The molecule has 38 heavy (non-hydrogen) atoms. The number of benzene rings is 2. The van der Waals surface area contributed by atoms with Crippen LogP contribution in [0.5, 0.6) is 0 Å². The number of fused-ring (bicyclic) bond motifs is 2. The third kappa shape index (κ3) is 9.98. The van der Waals surface area contributed by atoms with Crippen LogP contribution in [0.1, 0.15) is 112 Å². The van der Waals surface area contributed by atoms with E-state index in [0.717, 1.165) is 0 Å². The van der Waals surface area contributed by atoms with Crippen molar-refractivity contribution >= 4 is 28.4 Å². The molecular weight excluding hydrogens is 566 g/mol. The summed E-state index contributed by atoms with van der Waals surface area (Å²) in [5.41, 5.74) is 8.66. The molecule has 0 nitrogen and oxygen atoms in total. The van der Waals surface area contributed by atoms with E-state index in [-0.39, 0.29) is 24.3 Å². The van der Waals surface area contributed by atoms with Gasteiger partial charge in [0.2, 0.25) is 0 Å². The van der Waals surface area contributed by atoms with Gasteiger partial charge in [-0.2, -0.15) is 12.1 Å². The minimum atomic E-state index is 0. The van der Waals surface area contributed by atoms with Crippen LogP contribution in [-0.2, 0) is 23.3 Å². The molecule has 4 aromatic rings. The van der Waals surface area contributed by atoms with E-state index in [1.807, 2.05) is 0 Å². The number of hydrogen-bond acceptors (Lipinski definition) is 0. The van der Waals surface area contributed by atoms with Crippen LogP contribution in [0.2, 0.25) is 0 Å². The van der Waals surface area contributed by atoms with Crippen LogP contribution >= 0.6 is 0 Å². The zero-order chi connectivity index (χ0) is 25.7. The molecule has 0 aromatic heterocycles. The molecular formula is C34H50F2SiZr-4. The van der Waals surface area contributed by atoms with Crippen molar-refractivity contribution in [3.05, 3.63) is 96.8 Å². The van der Waals surface area contributed by atoms with Crippen molar-refractivity contribution in [1.82, 2.24) is 0 Å². The second-order valence-corrected chi connectivity index (χ2v) is 10.9. The van der Waals surface area contributed by atoms with Gasteiger partial charge in [-0.1, -0.05) is 104 Å². The molecule has 0 heterocycles. The molecule has 4 rings (SSSR count). The van der Waals surface area contributed by atoms with Crippen molar-refractivity contribution in [2.24, 2.45) is 0 Å². The van der Waals surface area contributed by atoms with E-state index >= 15 is 0 Å². The average Bonchev–Trinajstić information content (AvgIpc) is 3.33. The van der Waals surface area contributed by atoms with Crippen LogP contribution in [-0.4, -0.2) is 6.88 Å². The summed E-state index contributed by atoms with van der Waals surface area (Å²) in [6.07, 6.45) is 0. The number of aryl methyl sites for hydroxylation is 2. The van der Waals surface area contributed by atoms with Gasteiger partial charge in [-0.25, -0.2) is 0 Å². The van der Waals surface area contributed by atoms with Gasteiger partial charge in [0.25, 0.3) is 0 Å². The summed E-state index contributed by atoms with van der Waals surface area (Å²) in [7, 11) is 0. The second-order valence-electron chi connectivity index (χ2n) is 10.9. The fraction of sp³-hybridized carbons (Fsp3) is 0.412. The standard InChI is InChI=1S/2C16H21.2CH3.2FH.Si.Zr/c2*1-10(2)13-8-14-6-12(5)7-16(14)15(9-13)11(3)4;;;;;;/h2*6-11H,1-5H3;2*1H3;2*1H;;/q4*-1;;;;. The van der Waals surface area contributed by atoms with Crippen LogP contribution in [0.25, 0.3) is 21.5 Å². The van der Waals surface area contributed by atoms with Gasteiger partial charge in [0.15, 0.2) is 0 Å². The van der Waals surface area contributed by atoms with Gasteiger partial charge < -0.3 is 14.9 Å². The molecule has 0 aliphatic heterocycles. The molecule has 0 amide bonds. The van der Waals surface area contributed by atoms with E-state index in [1.165, 1.54) is 78.3 Å². The molecule has 0 saturated carbocycles. The number of halogens is 2. The first-order valence-electron chi connectivity index (χ1n) is 12.6. The van der Waals surface area contributed by atoms with Crippen LogP contribution in [0, 0.1) is 28.7 Å². The van der Waals surface area contributed by atoms with Gasteiger partial charge in [-0.3, -0.25) is 9.41 Å². The summed E-state index contributed by atoms with van der Waals surface area (Å²) in [4.78, 5) is 0. The second kappa shape index (κ2) is 18.1. The molecule has 2 radical (unpaired) electrons. The minimum absolute atomic E-state index is 0. The molecule has 0 aliphatic rings. The average molecular weight is 616 g/mol. The van der Waals surface area contributed by atoms with Crippen LogP contribution in [0.3, 0.4) is 0 Å². The normalized spacial score (nSPS) is 10.1. The van der Waals surface area contributed by atoms with E-state index in [1.54, 1.807) is 0 Å². The summed E-state index contributed by atoms with van der Waals surface area (Å²) in [5.74, 6) is 2.42. The topological polar surface area (TPSA) is 0 Å². The summed E-state index contributed by atoms with van der Waals surface area (Å²) in [6, 6.07) is 18.7. The van der Waals surface area contributed by atoms with Crippen LogP contribution < -0.4 is 0 Å². The molecule has 0 aliphatic carbocycles. The fourth-order valence-corrected chi connectivity index (χ4v) is 4.67. The molecule has 212 valence electrons.